The Hall–Kier alpha value is -2.80. The highest BCUT2D eigenvalue weighted by Crippen LogP contribution is 2.53. The minimum absolute atomic E-state index is 0.0792. The van der Waals surface area contributed by atoms with Crippen LogP contribution in [0.2, 0.25) is 5.02 Å². The SMILES string of the molecule is O=C(Nc1ccc(Cl)c(-n2cc3cc(N4CC5(CC5)C4)cnc3n2)c1)N1CCC1. The molecule has 1 aliphatic carbocycles. The summed E-state index contributed by atoms with van der Waals surface area (Å²) in [6.07, 6.45) is 7.63. The van der Waals surface area contributed by atoms with Crippen molar-refractivity contribution in [3.63, 3.8) is 0 Å². The maximum absolute atomic E-state index is 12.2. The lowest BCUT2D eigenvalue weighted by molar-refractivity contribution is 0.181. The fraction of sp³-hybridized carbons (Fsp3) is 0.381. The largest absolute Gasteiger partial charge is 0.369 e. The molecule has 3 fully saturated rings. The first-order valence-electron chi connectivity index (χ1n) is 10.0. The third-order valence-corrected chi connectivity index (χ3v) is 6.63. The molecule has 0 radical (unpaired) electrons. The van der Waals surface area contributed by atoms with Gasteiger partial charge in [-0.05, 0) is 43.5 Å². The number of amides is 2. The molecular weight excluding hydrogens is 388 g/mol. The van der Waals surface area contributed by atoms with E-state index in [9.17, 15) is 4.79 Å². The summed E-state index contributed by atoms with van der Waals surface area (Å²) in [7, 11) is 0. The Balaban J connectivity index is 1.28. The van der Waals surface area contributed by atoms with Crippen LogP contribution in [0.4, 0.5) is 16.2 Å². The van der Waals surface area contributed by atoms with E-state index in [0.29, 0.717) is 27.5 Å². The molecule has 148 valence electrons. The molecule has 8 heteroatoms. The number of fused-ring (bicyclic) bond motifs is 1. The van der Waals surface area contributed by atoms with Crippen molar-refractivity contribution in [2.24, 2.45) is 5.41 Å². The zero-order chi connectivity index (χ0) is 19.6. The van der Waals surface area contributed by atoms with E-state index in [0.717, 1.165) is 43.7 Å². The average molecular weight is 409 g/mol. The number of pyridine rings is 1. The summed E-state index contributed by atoms with van der Waals surface area (Å²) in [5.41, 5.74) is 3.85. The number of carbonyl (C=O) groups is 1. The summed E-state index contributed by atoms with van der Waals surface area (Å²) in [5.74, 6) is 0. The van der Waals surface area contributed by atoms with Crippen LogP contribution in [-0.2, 0) is 0 Å². The molecule has 4 heterocycles. The van der Waals surface area contributed by atoms with Gasteiger partial charge in [-0.1, -0.05) is 11.6 Å². The Labute approximate surface area is 173 Å². The van der Waals surface area contributed by atoms with E-state index in [1.54, 1.807) is 21.7 Å². The van der Waals surface area contributed by atoms with E-state index in [1.165, 1.54) is 12.8 Å². The highest BCUT2D eigenvalue weighted by Gasteiger charge is 2.52. The van der Waals surface area contributed by atoms with E-state index in [4.69, 9.17) is 11.6 Å². The van der Waals surface area contributed by atoms with Crippen molar-refractivity contribution in [1.82, 2.24) is 19.7 Å². The number of hydrogen-bond acceptors (Lipinski definition) is 4. The third-order valence-electron chi connectivity index (χ3n) is 6.31. The Morgan fingerprint density at radius 2 is 2.00 bits per heavy atom. The van der Waals surface area contributed by atoms with Crippen molar-refractivity contribution in [2.75, 3.05) is 36.4 Å². The van der Waals surface area contributed by atoms with Crippen molar-refractivity contribution in [2.45, 2.75) is 19.3 Å². The lowest BCUT2D eigenvalue weighted by Crippen LogP contribution is -2.48. The smallest absolute Gasteiger partial charge is 0.321 e. The van der Waals surface area contributed by atoms with Crippen LogP contribution in [0.5, 0.6) is 0 Å². The molecule has 0 bridgehead atoms. The van der Waals surface area contributed by atoms with Crippen molar-refractivity contribution in [3.05, 3.63) is 41.7 Å². The molecule has 0 atom stereocenters. The minimum Gasteiger partial charge on any atom is -0.369 e. The normalized spacial score (nSPS) is 19.2. The second kappa shape index (κ2) is 6.10. The first kappa shape index (κ1) is 17.1. The average Bonchev–Trinajstić information content (AvgIpc) is 3.33. The number of hydrogen-bond donors (Lipinski definition) is 1. The second-order valence-corrected chi connectivity index (χ2v) is 8.88. The Morgan fingerprint density at radius 3 is 2.72 bits per heavy atom. The van der Waals surface area contributed by atoms with Gasteiger partial charge >= 0.3 is 6.03 Å². The number of urea groups is 1. The molecule has 3 aliphatic rings. The summed E-state index contributed by atoms with van der Waals surface area (Å²) in [5, 5.41) is 9.07. The molecule has 1 saturated carbocycles. The lowest BCUT2D eigenvalue weighted by Gasteiger charge is -2.41. The van der Waals surface area contributed by atoms with Gasteiger partial charge in [0, 0.05) is 48.9 Å². The first-order valence-corrected chi connectivity index (χ1v) is 10.4. The molecule has 7 nitrogen and oxygen atoms in total. The van der Waals surface area contributed by atoms with Crippen molar-refractivity contribution >= 4 is 40.0 Å². The van der Waals surface area contributed by atoms with E-state index in [1.807, 2.05) is 18.5 Å². The second-order valence-electron chi connectivity index (χ2n) is 8.47. The topological polar surface area (TPSA) is 66.3 Å². The van der Waals surface area contributed by atoms with Gasteiger partial charge in [0.1, 0.15) is 0 Å². The molecule has 6 rings (SSSR count). The lowest BCUT2D eigenvalue weighted by atomic mass is 9.96. The third kappa shape index (κ3) is 2.92. The number of benzene rings is 1. The van der Waals surface area contributed by atoms with E-state index in [-0.39, 0.29) is 6.03 Å². The van der Waals surface area contributed by atoms with Gasteiger partial charge in [0.15, 0.2) is 5.65 Å². The molecule has 1 aromatic carbocycles. The fourth-order valence-electron chi connectivity index (χ4n) is 4.13. The van der Waals surface area contributed by atoms with Gasteiger partial charge in [0.2, 0.25) is 0 Å². The van der Waals surface area contributed by atoms with E-state index < -0.39 is 0 Å². The number of nitrogens with one attached hydrogen (secondary N) is 1. The van der Waals surface area contributed by atoms with Crippen LogP contribution in [0.25, 0.3) is 16.7 Å². The Bertz CT molecular complexity index is 1130. The van der Waals surface area contributed by atoms with Gasteiger partial charge in [-0.25, -0.2) is 14.5 Å². The van der Waals surface area contributed by atoms with Crippen LogP contribution in [0.1, 0.15) is 19.3 Å². The predicted octanol–water partition coefficient (Wildman–Crippen LogP) is 3.91. The van der Waals surface area contributed by atoms with Crippen LogP contribution >= 0.6 is 11.6 Å². The quantitative estimate of drug-likeness (QED) is 0.713. The maximum Gasteiger partial charge on any atom is 0.321 e. The van der Waals surface area contributed by atoms with Crippen molar-refractivity contribution in [1.29, 1.82) is 0 Å². The number of nitrogens with zero attached hydrogens (tertiary/aromatic N) is 5. The molecule has 0 unspecified atom stereocenters. The summed E-state index contributed by atoms with van der Waals surface area (Å²) >= 11 is 6.43. The van der Waals surface area contributed by atoms with Gasteiger partial charge in [0.25, 0.3) is 0 Å². The monoisotopic (exact) mass is 408 g/mol. The summed E-state index contributed by atoms with van der Waals surface area (Å²) < 4.78 is 1.74. The van der Waals surface area contributed by atoms with E-state index >= 15 is 0 Å². The number of rotatable bonds is 3. The number of likely N-dealkylation sites (tertiary alicyclic amines) is 1. The molecule has 1 spiro atoms. The number of carbonyl (C=O) groups excluding carboxylic acids is 1. The Kier molecular flexibility index (Phi) is 3.59. The van der Waals surface area contributed by atoms with Crippen LogP contribution in [0.3, 0.4) is 0 Å². The Morgan fingerprint density at radius 1 is 1.17 bits per heavy atom. The van der Waals surface area contributed by atoms with E-state index in [2.05, 4.69) is 26.4 Å². The molecule has 29 heavy (non-hydrogen) atoms. The fourth-order valence-corrected chi connectivity index (χ4v) is 4.33. The summed E-state index contributed by atoms with van der Waals surface area (Å²) in [4.78, 5) is 20.9. The molecule has 2 aliphatic heterocycles. The van der Waals surface area contributed by atoms with Crippen molar-refractivity contribution in [3.8, 4) is 5.69 Å². The van der Waals surface area contributed by atoms with Crippen LogP contribution < -0.4 is 10.2 Å². The molecule has 3 aromatic rings. The van der Waals surface area contributed by atoms with Gasteiger partial charge in [-0.3, -0.25) is 0 Å². The van der Waals surface area contributed by atoms with Crippen LogP contribution in [-0.4, -0.2) is 51.9 Å². The highest BCUT2D eigenvalue weighted by molar-refractivity contribution is 6.32. The number of aromatic nitrogens is 3. The zero-order valence-corrected chi connectivity index (χ0v) is 16.7. The van der Waals surface area contributed by atoms with Crippen molar-refractivity contribution < 1.29 is 4.79 Å². The predicted molar refractivity (Wildman–Crippen MR) is 113 cm³/mol. The molecular formula is C21H21ClN6O. The number of anilines is 2. The van der Waals surface area contributed by atoms with Gasteiger partial charge in [-0.2, -0.15) is 0 Å². The highest BCUT2D eigenvalue weighted by atomic mass is 35.5. The van der Waals surface area contributed by atoms with Gasteiger partial charge in [0.05, 0.1) is 22.6 Å². The first-order chi connectivity index (χ1) is 14.1. The van der Waals surface area contributed by atoms with Gasteiger partial charge < -0.3 is 15.1 Å². The van der Waals surface area contributed by atoms with Crippen LogP contribution in [0, 0.1) is 5.41 Å². The number of halogens is 1. The molecule has 2 amide bonds. The minimum atomic E-state index is -0.0792. The zero-order valence-electron chi connectivity index (χ0n) is 15.9. The molecule has 2 aromatic heterocycles. The van der Waals surface area contributed by atoms with Crippen LogP contribution in [0.15, 0.2) is 36.7 Å². The standard InChI is InChI=1S/C21H21ClN6O/c22-17-3-2-15(24-20(29)26-6-1-7-26)9-18(17)28-11-14-8-16(10-23-19(14)25-28)27-12-21(13-27)4-5-21/h2-3,8-11H,1,4-7,12-13H2,(H,24,29). The summed E-state index contributed by atoms with van der Waals surface area (Å²) in [6, 6.07) is 7.50. The molecule has 1 N–H and O–H groups in total. The maximum atomic E-state index is 12.2. The van der Waals surface area contributed by atoms with Gasteiger partial charge in [-0.15, -0.1) is 5.10 Å². The summed E-state index contributed by atoms with van der Waals surface area (Å²) in [6.45, 7) is 3.89. The molecule has 2 saturated heterocycles.